The Kier molecular flexibility index (Phi) is 3.51. The molecule has 1 fully saturated rings. The summed E-state index contributed by atoms with van der Waals surface area (Å²) in [6.45, 7) is 3.19. The molecule has 0 amide bonds. The van der Waals surface area contributed by atoms with E-state index in [0.717, 1.165) is 19.5 Å². The van der Waals surface area contributed by atoms with E-state index in [1.54, 1.807) is 0 Å². The molecule has 2 aromatic rings. The molecule has 1 unspecified atom stereocenters. The quantitative estimate of drug-likeness (QED) is 0.938. The molecule has 1 saturated heterocycles. The second-order valence-electron chi connectivity index (χ2n) is 6.22. The fourth-order valence-corrected chi connectivity index (χ4v) is 3.70. The molecule has 1 atom stereocenters. The van der Waals surface area contributed by atoms with Gasteiger partial charge in [0, 0.05) is 24.6 Å². The molecule has 5 heteroatoms. The lowest BCUT2D eigenvalue weighted by molar-refractivity contribution is 0.236. The monoisotopic (exact) mass is 285 g/mol. The zero-order chi connectivity index (χ0) is 14.1. The van der Waals surface area contributed by atoms with E-state index < -0.39 is 0 Å². The smallest absolute Gasteiger partial charge is 0.124 e. The lowest BCUT2D eigenvalue weighted by Gasteiger charge is -2.22. The Morgan fingerprint density at radius 2 is 2.14 bits per heavy atom. The predicted molar refractivity (Wildman–Crippen MR) is 81.0 cm³/mol. The van der Waals surface area contributed by atoms with E-state index >= 15 is 0 Å². The van der Waals surface area contributed by atoms with Gasteiger partial charge in [0.25, 0.3) is 0 Å². The Bertz CT molecular complexity index is 562. The van der Waals surface area contributed by atoms with Crippen molar-refractivity contribution in [3.8, 4) is 0 Å². The van der Waals surface area contributed by atoms with Gasteiger partial charge in [0.1, 0.15) is 5.82 Å². The summed E-state index contributed by atoms with van der Waals surface area (Å²) in [4.78, 5) is 11.1. The van der Waals surface area contributed by atoms with Crippen molar-refractivity contribution in [3.63, 3.8) is 0 Å². The van der Waals surface area contributed by atoms with Gasteiger partial charge < -0.3 is 4.98 Å². The van der Waals surface area contributed by atoms with Crippen LogP contribution in [0.5, 0.6) is 0 Å². The van der Waals surface area contributed by atoms with Gasteiger partial charge in [-0.3, -0.25) is 9.58 Å². The van der Waals surface area contributed by atoms with E-state index in [-0.39, 0.29) is 0 Å². The highest BCUT2D eigenvalue weighted by Crippen LogP contribution is 2.31. The standard InChI is InChI=1S/C16H23N5/c1-2-6-14-13(5-1)18-16(19-14)15-7-3-9-20(15)11-12-21-10-4-8-17-21/h4,8,10,15H,1-3,5-7,9,11-12H2,(H,18,19). The number of aromatic nitrogens is 4. The van der Waals surface area contributed by atoms with Gasteiger partial charge in [-0.2, -0.15) is 5.10 Å². The van der Waals surface area contributed by atoms with Crippen molar-refractivity contribution in [2.75, 3.05) is 13.1 Å². The molecule has 21 heavy (non-hydrogen) atoms. The molecule has 4 rings (SSSR count). The third-order valence-corrected chi connectivity index (χ3v) is 4.83. The molecule has 112 valence electrons. The maximum absolute atomic E-state index is 4.91. The van der Waals surface area contributed by atoms with E-state index in [0.29, 0.717) is 6.04 Å². The van der Waals surface area contributed by atoms with Crippen LogP contribution in [-0.2, 0) is 19.4 Å². The molecule has 2 aromatic heterocycles. The fourth-order valence-electron chi connectivity index (χ4n) is 3.70. The highest BCUT2D eigenvalue weighted by atomic mass is 15.3. The number of aryl methyl sites for hydroxylation is 2. The van der Waals surface area contributed by atoms with Gasteiger partial charge in [-0.25, -0.2) is 4.98 Å². The van der Waals surface area contributed by atoms with Crippen LogP contribution >= 0.6 is 0 Å². The first-order valence-electron chi connectivity index (χ1n) is 8.19. The van der Waals surface area contributed by atoms with Crippen molar-refractivity contribution < 1.29 is 0 Å². The summed E-state index contributed by atoms with van der Waals surface area (Å²) in [6.07, 6.45) is 11.3. The SMILES string of the molecule is c1cnn(CCN2CCCC2c2nc3c([nH]2)CCCC3)c1. The van der Waals surface area contributed by atoms with Crippen LogP contribution in [0.15, 0.2) is 18.5 Å². The van der Waals surface area contributed by atoms with Gasteiger partial charge in [-0.15, -0.1) is 0 Å². The highest BCUT2D eigenvalue weighted by molar-refractivity contribution is 5.19. The molecule has 0 saturated carbocycles. The minimum Gasteiger partial charge on any atom is -0.344 e. The minimum atomic E-state index is 0.478. The molecule has 0 bridgehead atoms. The molecule has 3 heterocycles. The van der Waals surface area contributed by atoms with Crippen molar-refractivity contribution in [1.29, 1.82) is 0 Å². The van der Waals surface area contributed by atoms with E-state index in [1.807, 2.05) is 23.1 Å². The maximum Gasteiger partial charge on any atom is 0.124 e. The lowest BCUT2D eigenvalue weighted by Crippen LogP contribution is -2.28. The summed E-state index contributed by atoms with van der Waals surface area (Å²) >= 11 is 0. The zero-order valence-corrected chi connectivity index (χ0v) is 12.5. The topological polar surface area (TPSA) is 49.7 Å². The number of nitrogens with one attached hydrogen (secondary N) is 1. The van der Waals surface area contributed by atoms with Crippen molar-refractivity contribution >= 4 is 0 Å². The van der Waals surface area contributed by atoms with Gasteiger partial charge >= 0.3 is 0 Å². The van der Waals surface area contributed by atoms with Gasteiger partial charge in [0.2, 0.25) is 0 Å². The number of H-pyrrole nitrogens is 1. The molecule has 0 aromatic carbocycles. The third-order valence-electron chi connectivity index (χ3n) is 4.83. The summed E-state index contributed by atoms with van der Waals surface area (Å²) in [7, 11) is 0. The van der Waals surface area contributed by atoms with Crippen LogP contribution in [0.25, 0.3) is 0 Å². The van der Waals surface area contributed by atoms with E-state index in [9.17, 15) is 0 Å². The van der Waals surface area contributed by atoms with E-state index in [4.69, 9.17) is 4.98 Å². The number of rotatable bonds is 4. The molecular formula is C16H23N5. The third kappa shape index (κ3) is 2.62. The Morgan fingerprint density at radius 3 is 3.00 bits per heavy atom. The molecule has 0 spiro atoms. The minimum absolute atomic E-state index is 0.478. The second kappa shape index (κ2) is 5.64. The average molecular weight is 285 g/mol. The van der Waals surface area contributed by atoms with Crippen LogP contribution in [0, 0.1) is 0 Å². The first-order chi connectivity index (χ1) is 10.4. The average Bonchev–Trinajstić information content (AvgIpc) is 3.24. The highest BCUT2D eigenvalue weighted by Gasteiger charge is 2.29. The van der Waals surface area contributed by atoms with Gasteiger partial charge in [0.15, 0.2) is 0 Å². The van der Waals surface area contributed by atoms with Crippen molar-refractivity contribution in [2.24, 2.45) is 0 Å². The van der Waals surface area contributed by atoms with Gasteiger partial charge in [0.05, 0.1) is 18.3 Å². The number of hydrogen-bond acceptors (Lipinski definition) is 3. The Labute approximate surface area is 125 Å². The second-order valence-corrected chi connectivity index (χ2v) is 6.22. The summed E-state index contributed by atoms with van der Waals surface area (Å²) in [5.74, 6) is 1.21. The Hall–Kier alpha value is -1.62. The number of aromatic amines is 1. The Morgan fingerprint density at radius 1 is 1.19 bits per heavy atom. The van der Waals surface area contributed by atoms with Crippen LogP contribution in [0.1, 0.15) is 48.9 Å². The first-order valence-corrected chi connectivity index (χ1v) is 8.19. The van der Waals surface area contributed by atoms with Gasteiger partial charge in [-0.1, -0.05) is 0 Å². The summed E-state index contributed by atoms with van der Waals surface area (Å²) < 4.78 is 2.02. The normalized spacial score (nSPS) is 22.6. The van der Waals surface area contributed by atoms with E-state index in [1.165, 1.54) is 55.9 Å². The zero-order valence-electron chi connectivity index (χ0n) is 12.5. The van der Waals surface area contributed by atoms with Crippen LogP contribution in [0.3, 0.4) is 0 Å². The van der Waals surface area contributed by atoms with Crippen molar-refractivity contribution in [3.05, 3.63) is 35.7 Å². The van der Waals surface area contributed by atoms with Crippen molar-refractivity contribution in [1.82, 2.24) is 24.6 Å². The number of fused-ring (bicyclic) bond motifs is 1. The molecule has 2 aliphatic rings. The summed E-state index contributed by atoms with van der Waals surface area (Å²) in [5.41, 5.74) is 2.73. The van der Waals surface area contributed by atoms with Crippen molar-refractivity contribution in [2.45, 2.75) is 51.1 Å². The molecule has 0 radical (unpaired) electrons. The molecule has 1 aliphatic heterocycles. The largest absolute Gasteiger partial charge is 0.344 e. The molecule has 5 nitrogen and oxygen atoms in total. The predicted octanol–water partition coefficient (Wildman–Crippen LogP) is 2.32. The first kappa shape index (κ1) is 13.1. The molecular weight excluding hydrogens is 262 g/mol. The van der Waals surface area contributed by atoms with E-state index in [2.05, 4.69) is 15.0 Å². The van der Waals surface area contributed by atoms with Crippen LogP contribution in [0.2, 0.25) is 0 Å². The molecule has 1 aliphatic carbocycles. The summed E-state index contributed by atoms with van der Waals surface area (Å²) in [6, 6.07) is 2.47. The fraction of sp³-hybridized carbons (Fsp3) is 0.625. The van der Waals surface area contributed by atoms with Crippen LogP contribution in [-0.4, -0.2) is 37.7 Å². The lowest BCUT2D eigenvalue weighted by atomic mass is 10.0. The number of nitrogens with zero attached hydrogens (tertiary/aromatic N) is 4. The van der Waals surface area contributed by atoms with Crippen LogP contribution < -0.4 is 0 Å². The summed E-state index contributed by atoms with van der Waals surface area (Å²) in [5, 5.41) is 4.29. The maximum atomic E-state index is 4.91. The van der Waals surface area contributed by atoms with Crippen LogP contribution in [0.4, 0.5) is 0 Å². The number of hydrogen-bond donors (Lipinski definition) is 1. The number of imidazole rings is 1. The Balaban J connectivity index is 1.46. The molecule has 1 N–H and O–H groups in total. The number of likely N-dealkylation sites (tertiary alicyclic amines) is 1. The van der Waals surface area contributed by atoms with Gasteiger partial charge in [-0.05, 0) is 51.1 Å².